The minimum Gasteiger partial charge on any atom is -0.351 e. The van der Waals surface area contributed by atoms with Crippen molar-refractivity contribution < 1.29 is 0 Å². The van der Waals surface area contributed by atoms with Gasteiger partial charge in [0.1, 0.15) is 0 Å². The quantitative estimate of drug-likeness (QED) is 0.836. The lowest BCUT2D eigenvalue weighted by Crippen LogP contribution is -2.43. The van der Waals surface area contributed by atoms with Crippen molar-refractivity contribution >= 4 is 17.5 Å². The van der Waals surface area contributed by atoms with Crippen LogP contribution in [-0.4, -0.2) is 31.3 Å². The third kappa shape index (κ3) is 3.86. The number of hydrogen-bond donors (Lipinski definition) is 2. The van der Waals surface area contributed by atoms with Gasteiger partial charge in [0.2, 0.25) is 5.95 Å². The van der Waals surface area contributed by atoms with E-state index in [1.54, 1.807) is 6.20 Å². The summed E-state index contributed by atoms with van der Waals surface area (Å²) < 4.78 is 1.95. The molecule has 2 heterocycles. The molecule has 6 nitrogen and oxygen atoms in total. The number of hydrogen-bond acceptors (Lipinski definition) is 5. The molecule has 0 radical (unpaired) electrons. The van der Waals surface area contributed by atoms with Crippen molar-refractivity contribution in [2.24, 2.45) is 18.7 Å². The van der Waals surface area contributed by atoms with Crippen LogP contribution in [0.3, 0.4) is 0 Å². The molecule has 0 saturated heterocycles. The highest BCUT2D eigenvalue weighted by Crippen LogP contribution is 2.37. The van der Waals surface area contributed by atoms with Crippen LogP contribution in [0.25, 0.3) is 11.3 Å². The third-order valence-electron chi connectivity index (χ3n) is 5.70. The number of aryl methyl sites for hydroxylation is 1. The SMILES string of the molecule is Cn1ncc(-c2nc(N[C@H]3CC[C@](C)(N)CC3)ncc2Cl)c1CC1CC1. The second-order valence-electron chi connectivity index (χ2n) is 8.24. The van der Waals surface area contributed by atoms with Gasteiger partial charge >= 0.3 is 0 Å². The van der Waals surface area contributed by atoms with E-state index >= 15 is 0 Å². The van der Waals surface area contributed by atoms with Gasteiger partial charge in [-0.15, -0.1) is 0 Å². The van der Waals surface area contributed by atoms with Gasteiger partial charge in [0.25, 0.3) is 0 Å². The summed E-state index contributed by atoms with van der Waals surface area (Å²) in [6.45, 7) is 2.13. The van der Waals surface area contributed by atoms with Gasteiger partial charge in [-0.1, -0.05) is 11.6 Å². The molecule has 2 aromatic heterocycles. The lowest BCUT2D eigenvalue weighted by atomic mass is 9.82. The molecule has 0 atom stereocenters. The van der Waals surface area contributed by atoms with Crippen molar-refractivity contribution in [1.29, 1.82) is 0 Å². The van der Waals surface area contributed by atoms with Gasteiger partial charge in [0.05, 0.1) is 23.1 Å². The van der Waals surface area contributed by atoms with Gasteiger partial charge in [-0.25, -0.2) is 9.97 Å². The predicted octanol–water partition coefficient (Wildman–Crippen LogP) is 3.55. The smallest absolute Gasteiger partial charge is 0.223 e. The maximum Gasteiger partial charge on any atom is 0.223 e. The van der Waals surface area contributed by atoms with Gasteiger partial charge in [-0.3, -0.25) is 4.68 Å². The van der Waals surface area contributed by atoms with Crippen molar-refractivity contribution in [3.63, 3.8) is 0 Å². The maximum atomic E-state index is 6.44. The third-order valence-corrected chi connectivity index (χ3v) is 5.98. The predicted molar refractivity (Wildman–Crippen MR) is 104 cm³/mol. The Balaban J connectivity index is 1.55. The van der Waals surface area contributed by atoms with Crippen LogP contribution in [0.5, 0.6) is 0 Å². The summed E-state index contributed by atoms with van der Waals surface area (Å²) in [5, 5.41) is 8.48. The number of aromatic nitrogens is 4. The van der Waals surface area contributed by atoms with Crippen LogP contribution in [0.1, 0.15) is 51.1 Å². The Morgan fingerprint density at radius 3 is 2.69 bits per heavy atom. The summed E-state index contributed by atoms with van der Waals surface area (Å²) in [5.41, 5.74) is 9.18. The molecule has 2 aromatic rings. The van der Waals surface area contributed by atoms with Crippen molar-refractivity contribution in [2.75, 3.05) is 5.32 Å². The highest BCUT2D eigenvalue weighted by Gasteiger charge is 2.28. The van der Waals surface area contributed by atoms with E-state index in [0.717, 1.165) is 49.3 Å². The first-order chi connectivity index (χ1) is 12.4. The van der Waals surface area contributed by atoms with Crippen molar-refractivity contribution in [3.8, 4) is 11.3 Å². The Kier molecular flexibility index (Phi) is 4.65. The molecule has 0 amide bonds. The molecule has 7 heteroatoms. The summed E-state index contributed by atoms with van der Waals surface area (Å²) in [7, 11) is 1.99. The molecule has 2 aliphatic carbocycles. The Morgan fingerprint density at radius 1 is 1.27 bits per heavy atom. The molecular weight excluding hydrogens is 348 g/mol. The van der Waals surface area contributed by atoms with E-state index in [2.05, 4.69) is 22.3 Å². The summed E-state index contributed by atoms with van der Waals surface area (Å²) in [6.07, 6.45) is 11.3. The molecular formula is C19H27ClN6. The second-order valence-corrected chi connectivity index (χ2v) is 8.65. The molecule has 2 fully saturated rings. The number of halogens is 1. The first-order valence-corrected chi connectivity index (χ1v) is 9.88. The summed E-state index contributed by atoms with van der Waals surface area (Å²) >= 11 is 6.44. The zero-order chi connectivity index (χ0) is 18.3. The molecule has 140 valence electrons. The first kappa shape index (κ1) is 17.7. The van der Waals surface area contributed by atoms with Crippen LogP contribution in [0, 0.1) is 5.92 Å². The van der Waals surface area contributed by atoms with E-state index < -0.39 is 0 Å². The van der Waals surface area contributed by atoms with E-state index in [1.807, 2.05) is 17.9 Å². The largest absolute Gasteiger partial charge is 0.351 e. The Hall–Kier alpha value is -1.66. The molecule has 4 rings (SSSR count). The van der Waals surface area contributed by atoms with Crippen LogP contribution in [0.15, 0.2) is 12.4 Å². The number of anilines is 1. The Bertz CT molecular complexity index is 785. The van der Waals surface area contributed by atoms with Crippen LogP contribution in [0.4, 0.5) is 5.95 Å². The Morgan fingerprint density at radius 2 is 2.00 bits per heavy atom. The molecule has 3 N–H and O–H groups in total. The number of rotatable bonds is 5. The van der Waals surface area contributed by atoms with Gasteiger partial charge < -0.3 is 11.1 Å². The van der Waals surface area contributed by atoms with Crippen LogP contribution in [-0.2, 0) is 13.5 Å². The molecule has 0 unspecified atom stereocenters. The van der Waals surface area contributed by atoms with Crippen molar-refractivity contribution in [2.45, 2.75) is 63.5 Å². The molecule has 0 bridgehead atoms. The van der Waals surface area contributed by atoms with Crippen molar-refractivity contribution in [3.05, 3.63) is 23.1 Å². The minimum atomic E-state index is -0.0440. The average Bonchev–Trinajstić information content (AvgIpc) is 3.35. The minimum absolute atomic E-state index is 0.0440. The standard InChI is InChI=1S/C19H27ClN6/c1-19(21)7-5-13(6-8-19)24-18-22-11-15(20)17(25-18)14-10-23-26(2)16(14)9-12-3-4-12/h10-13H,3-9,21H2,1-2H3,(H,22,24,25)/t13-,19-. The van der Waals surface area contributed by atoms with E-state index in [0.29, 0.717) is 17.0 Å². The molecule has 0 aromatic carbocycles. The summed E-state index contributed by atoms with van der Waals surface area (Å²) in [5.74, 6) is 1.41. The molecule has 2 aliphatic rings. The molecule has 0 aliphatic heterocycles. The van der Waals surface area contributed by atoms with E-state index in [9.17, 15) is 0 Å². The van der Waals surface area contributed by atoms with Crippen LogP contribution >= 0.6 is 11.6 Å². The van der Waals surface area contributed by atoms with E-state index in [1.165, 1.54) is 18.5 Å². The zero-order valence-corrected chi connectivity index (χ0v) is 16.3. The second kappa shape index (κ2) is 6.82. The van der Waals surface area contributed by atoms with E-state index in [-0.39, 0.29) is 5.54 Å². The molecule has 2 saturated carbocycles. The molecule has 0 spiro atoms. The number of nitrogens with two attached hydrogens (primary N) is 1. The van der Waals surface area contributed by atoms with Crippen molar-refractivity contribution in [1.82, 2.24) is 19.7 Å². The highest BCUT2D eigenvalue weighted by molar-refractivity contribution is 6.32. The maximum absolute atomic E-state index is 6.44. The van der Waals surface area contributed by atoms with E-state index in [4.69, 9.17) is 22.3 Å². The fraction of sp³-hybridized carbons (Fsp3) is 0.632. The topological polar surface area (TPSA) is 81.7 Å². The highest BCUT2D eigenvalue weighted by atomic mass is 35.5. The monoisotopic (exact) mass is 374 g/mol. The first-order valence-electron chi connectivity index (χ1n) is 9.50. The average molecular weight is 375 g/mol. The number of nitrogens with zero attached hydrogens (tertiary/aromatic N) is 4. The summed E-state index contributed by atoms with van der Waals surface area (Å²) in [6, 6.07) is 0.362. The van der Waals surface area contributed by atoms with Gasteiger partial charge in [0.15, 0.2) is 0 Å². The Labute approximate surface area is 159 Å². The van der Waals surface area contributed by atoms with Crippen LogP contribution in [0.2, 0.25) is 5.02 Å². The zero-order valence-electron chi connectivity index (χ0n) is 15.5. The summed E-state index contributed by atoms with van der Waals surface area (Å²) in [4.78, 5) is 9.13. The fourth-order valence-electron chi connectivity index (χ4n) is 3.73. The van der Waals surface area contributed by atoms with Crippen LogP contribution < -0.4 is 11.1 Å². The van der Waals surface area contributed by atoms with Gasteiger partial charge in [-0.05, 0) is 57.8 Å². The van der Waals surface area contributed by atoms with Gasteiger partial charge in [0, 0.05) is 29.9 Å². The lowest BCUT2D eigenvalue weighted by Gasteiger charge is -2.34. The van der Waals surface area contributed by atoms with Gasteiger partial charge in [-0.2, -0.15) is 5.10 Å². The lowest BCUT2D eigenvalue weighted by molar-refractivity contribution is 0.305. The molecule has 26 heavy (non-hydrogen) atoms. The fourth-order valence-corrected chi connectivity index (χ4v) is 3.92. The number of nitrogens with one attached hydrogen (secondary N) is 1. The normalized spacial score (nSPS) is 26.1.